The molecule has 0 heterocycles. The number of nitrogens with zero attached hydrogens (tertiary/aromatic N) is 2. The highest BCUT2D eigenvalue weighted by atomic mass is 15.0. The van der Waals surface area contributed by atoms with Crippen LogP contribution in [-0.4, -0.2) is 38.6 Å². The summed E-state index contributed by atoms with van der Waals surface area (Å²) in [6, 6.07) is 0. The molecule has 0 aromatic rings. The summed E-state index contributed by atoms with van der Waals surface area (Å²) in [4.78, 5) is 6.33. The van der Waals surface area contributed by atoms with Gasteiger partial charge in [-0.05, 0) is 25.0 Å². The Kier molecular flexibility index (Phi) is 9.45. The molecular weight excluding hydrogens is 207 g/mol. The molecule has 0 bridgehead atoms. The zero-order chi connectivity index (χ0) is 13.1. The molecular formula is C14H25BN2. The topological polar surface area (TPSA) is 15.6 Å². The molecule has 0 aliphatic rings. The minimum atomic E-state index is 0.888. The maximum absolute atomic E-state index is 4.05. The Morgan fingerprint density at radius 1 is 1.35 bits per heavy atom. The van der Waals surface area contributed by atoms with E-state index in [4.69, 9.17) is 0 Å². The van der Waals surface area contributed by atoms with Gasteiger partial charge in [-0.15, -0.1) is 0 Å². The van der Waals surface area contributed by atoms with Crippen molar-refractivity contribution in [3.63, 3.8) is 0 Å². The number of rotatable bonds is 9. The molecule has 0 aliphatic carbocycles. The molecule has 2 nitrogen and oxygen atoms in total. The van der Waals surface area contributed by atoms with Crippen molar-refractivity contribution in [2.45, 2.75) is 26.6 Å². The third-order valence-corrected chi connectivity index (χ3v) is 2.52. The van der Waals surface area contributed by atoms with E-state index in [-0.39, 0.29) is 0 Å². The fraction of sp³-hybridized carbons (Fsp3) is 0.500. The predicted octanol–water partition coefficient (Wildman–Crippen LogP) is 2.86. The fourth-order valence-corrected chi connectivity index (χ4v) is 1.53. The molecule has 3 heteroatoms. The summed E-state index contributed by atoms with van der Waals surface area (Å²) in [5.41, 5.74) is 2.25. The third kappa shape index (κ3) is 8.69. The molecule has 0 amide bonds. The Labute approximate surface area is 107 Å². The standard InChI is InChI=1S/C14H25BN2/c1-6-7-8-13(2)9-10-17(15-4)12-14(3)11-16-5/h7-8,11,15H,2-3,6,9-10,12H2,1,4-5H3/b8-7-,16-11-. The van der Waals surface area contributed by atoms with Gasteiger partial charge < -0.3 is 4.81 Å². The van der Waals surface area contributed by atoms with E-state index in [2.05, 4.69) is 48.9 Å². The number of aliphatic imine (C=N–C) groups is 1. The molecule has 17 heavy (non-hydrogen) atoms. The van der Waals surface area contributed by atoms with Crippen LogP contribution in [0, 0.1) is 0 Å². The summed E-state index contributed by atoms with van der Waals surface area (Å²) in [7, 11) is 2.81. The van der Waals surface area contributed by atoms with Crippen LogP contribution in [0.2, 0.25) is 6.82 Å². The molecule has 0 unspecified atom stereocenters. The minimum Gasteiger partial charge on any atom is -0.341 e. The van der Waals surface area contributed by atoms with Crippen LogP contribution in [0.1, 0.15) is 19.8 Å². The highest BCUT2D eigenvalue weighted by Crippen LogP contribution is 2.04. The Balaban J connectivity index is 4.01. The highest BCUT2D eigenvalue weighted by Gasteiger charge is 2.04. The van der Waals surface area contributed by atoms with Crippen molar-refractivity contribution in [3.05, 3.63) is 36.5 Å². The molecule has 0 saturated carbocycles. The normalized spacial score (nSPS) is 11.5. The van der Waals surface area contributed by atoms with Crippen LogP contribution in [-0.2, 0) is 0 Å². The van der Waals surface area contributed by atoms with Gasteiger partial charge in [0.15, 0.2) is 0 Å². The molecule has 0 atom stereocenters. The molecule has 0 saturated heterocycles. The van der Waals surface area contributed by atoms with Gasteiger partial charge in [0.25, 0.3) is 0 Å². The van der Waals surface area contributed by atoms with Crippen molar-refractivity contribution in [2.75, 3.05) is 20.1 Å². The molecule has 0 rings (SSSR count). The Bertz CT molecular complexity index is 293. The zero-order valence-electron chi connectivity index (χ0n) is 11.6. The SMILES string of the molecule is C=C(/C=C\CC)CCN(BC)CC(=C)/C=N\C. The van der Waals surface area contributed by atoms with Gasteiger partial charge in [-0.2, -0.15) is 0 Å². The maximum Gasteiger partial charge on any atom is 0.201 e. The third-order valence-electron chi connectivity index (χ3n) is 2.52. The van der Waals surface area contributed by atoms with E-state index >= 15 is 0 Å². The van der Waals surface area contributed by atoms with E-state index in [1.54, 1.807) is 7.05 Å². The lowest BCUT2D eigenvalue weighted by Gasteiger charge is -2.20. The van der Waals surface area contributed by atoms with Crippen molar-refractivity contribution in [1.82, 2.24) is 4.81 Å². The Hall–Kier alpha value is -1.09. The van der Waals surface area contributed by atoms with Gasteiger partial charge in [0.2, 0.25) is 7.41 Å². The summed E-state index contributed by atoms with van der Waals surface area (Å²) < 4.78 is 0. The monoisotopic (exact) mass is 232 g/mol. The first-order valence-corrected chi connectivity index (χ1v) is 6.30. The van der Waals surface area contributed by atoms with E-state index in [0.717, 1.165) is 38.9 Å². The molecule has 0 fully saturated rings. The van der Waals surface area contributed by atoms with Crippen LogP contribution < -0.4 is 0 Å². The second-order valence-electron chi connectivity index (χ2n) is 4.13. The maximum atomic E-state index is 4.05. The first-order valence-electron chi connectivity index (χ1n) is 6.30. The van der Waals surface area contributed by atoms with Gasteiger partial charge in [0, 0.05) is 19.8 Å². The number of allylic oxidation sites excluding steroid dienone is 2. The molecule has 0 aromatic carbocycles. The van der Waals surface area contributed by atoms with Gasteiger partial charge in [0.05, 0.1) is 0 Å². The second-order valence-corrected chi connectivity index (χ2v) is 4.13. The molecule has 94 valence electrons. The Morgan fingerprint density at radius 2 is 2.06 bits per heavy atom. The van der Waals surface area contributed by atoms with E-state index in [0.29, 0.717) is 0 Å². The first kappa shape index (κ1) is 15.9. The van der Waals surface area contributed by atoms with E-state index < -0.39 is 0 Å². The average Bonchev–Trinajstić information content (AvgIpc) is 2.32. The van der Waals surface area contributed by atoms with Gasteiger partial charge in [-0.3, -0.25) is 4.99 Å². The van der Waals surface area contributed by atoms with Crippen LogP contribution in [0.25, 0.3) is 0 Å². The molecule has 0 radical (unpaired) electrons. The lowest BCUT2D eigenvalue weighted by Crippen LogP contribution is -2.29. The van der Waals surface area contributed by atoms with E-state index in [1.165, 1.54) is 5.57 Å². The van der Waals surface area contributed by atoms with Crippen LogP contribution in [0.4, 0.5) is 0 Å². The molecule has 0 aromatic heterocycles. The van der Waals surface area contributed by atoms with Crippen LogP contribution in [0.5, 0.6) is 0 Å². The van der Waals surface area contributed by atoms with Crippen molar-refractivity contribution >= 4 is 13.6 Å². The molecule has 0 N–H and O–H groups in total. The zero-order valence-corrected chi connectivity index (χ0v) is 11.6. The first-order chi connectivity index (χ1) is 8.13. The largest absolute Gasteiger partial charge is 0.341 e. The highest BCUT2D eigenvalue weighted by molar-refractivity contribution is 6.30. The minimum absolute atomic E-state index is 0.888. The summed E-state index contributed by atoms with van der Waals surface area (Å²) in [5, 5.41) is 0. The second kappa shape index (κ2) is 10.1. The molecule has 0 aliphatic heterocycles. The smallest absolute Gasteiger partial charge is 0.201 e. The van der Waals surface area contributed by atoms with Gasteiger partial charge in [-0.1, -0.05) is 44.6 Å². The van der Waals surface area contributed by atoms with Crippen molar-refractivity contribution in [1.29, 1.82) is 0 Å². The lowest BCUT2D eigenvalue weighted by atomic mass is 9.94. The fourth-order valence-electron chi connectivity index (χ4n) is 1.53. The number of hydrogen-bond donors (Lipinski definition) is 0. The van der Waals surface area contributed by atoms with Crippen molar-refractivity contribution in [2.24, 2.45) is 4.99 Å². The van der Waals surface area contributed by atoms with Gasteiger partial charge in [0.1, 0.15) is 0 Å². The molecule has 0 spiro atoms. The number of hydrogen-bond acceptors (Lipinski definition) is 2. The van der Waals surface area contributed by atoms with Gasteiger partial charge in [-0.25, -0.2) is 0 Å². The van der Waals surface area contributed by atoms with E-state index in [1.807, 2.05) is 6.21 Å². The van der Waals surface area contributed by atoms with E-state index in [9.17, 15) is 0 Å². The summed E-state index contributed by atoms with van der Waals surface area (Å²) in [6.07, 6.45) is 8.19. The lowest BCUT2D eigenvalue weighted by molar-refractivity contribution is 0.491. The average molecular weight is 232 g/mol. The van der Waals surface area contributed by atoms with Crippen molar-refractivity contribution < 1.29 is 0 Å². The quantitative estimate of drug-likeness (QED) is 0.339. The van der Waals surface area contributed by atoms with Crippen LogP contribution >= 0.6 is 0 Å². The van der Waals surface area contributed by atoms with Gasteiger partial charge >= 0.3 is 0 Å². The summed E-state index contributed by atoms with van der Waals surface area (Å²) in [5.74, 6) is 0. The summed E-state index contributed by atoms with van der Waals surface area (Å²) in [6.45, 7) is 14.3. The summed E-state index contributed by atoms with van der Waals surface area (Å²) >= 11 is 0. The predicted molar refractivity (Wildman–Crippen MR) is 81.3 cm³/mol. The Morgan fingerprint density at radius 3 is 2.59 bits per heavy atom. The van der Waals surface area contributed by atoms with Crippen LogP contribution in [0.3, 0.4) is 0 Å². The van der Waals surface area contributed by atoms with Crippen molar-refractivity contribution in [3.8, 4) is 0 Å². The van der Waals surface area contributed by atoms with Crippen LogP contribution in [0.15, 0.2) is 41.4 Å².